The molecule has 1 heterocycles. The summed E-state index contributed by atoms with van der Waals surface area (Å²) < 4.78 is 1.37. The molecule has 0 spiro atoms. The highest BCUT2D eigenvalue weighted by molar-refractivity contribution is 5.71. The standard InChI is InChI=1S/C9H16N4O2/c1-6(2)3-8(9(14)15)13-5-7(4-10)11-12-13/h5-6,8H,3-4,10H2,1-2H3,(H,14,15)/t8-/m0/s1. The van der Waals surface area contributed by atoms with Crippen LogP contribution >= 0.6 is 0 Å². The van der Waals surface area contributed by atoms with Crippen molar-refractivity contribution < 1.29 is 9.90 Å². The van der Waals surface area contributed by atoms with Crippen LogP contribution in [0.3, 0.4) is 0 Å². The lowest BCUT2D eigenvalue weighted by Gasteiger charge is -2.13. The molecule has 6 heteroatoms. The van der Waals surface area contributed by atoms with Crippen molar-refractivity contribution in [2.24, 2.45) is 11.7 Å². The normalized spacial score (nSPS) is 13.1. The highest BCUT2D eigenvalue weighted by atomic mass is 16.4. The van der Waals surface area contributed by atoms with Crippen molar-refractivity contribution in [1.82, 2.24) is 15.0 Å². The zero-order valence-corrected chi connectivity index (χ0v) is 8.92. The fraction of sp³-hybridized carbons (Fsp3) is 0.667. The Kier molecular flexibility index (Phi) is 3.79. The van der Waals surface area contributed by atoms with Crippen LogP contribution in [0.5, 0.6) is 0 Å². The molecule has 1 atom stereocenters. The molecule has 15 heavy (non-hydrogen) atoms. The first-order valence-electron chi connectivity index (χ1n) is 4.88. The second-order valence-electron chi connectivity index (χ2n) is 3.88. The van der Waals surface area contributed by atoms with Crippen LogP contribution in [0.25, 0.3) is 0 Å². The second-order valence-corrected chi connectivity index (χ2v) is 3.88. The van der Waals surface area contributed by atoms with Gasteiger partial charge in [0.15, 0.2) is 6.04 Å². The van der Waals surface area contributed by atoms with E-state index >= 15 is 0 Å². The molecule has 0 aliphatic heterocycles. The lowest BCUT2D eigenvalue weighted by Crippen LogP contribution is -2.21. The van der Waals surface area contributed by atoms with Crippen molar-refractivity contribution in [2.75, 3.05) is 0 Å². The lowest BCUT2D eigenvalue weighted by atomic mass is 10.0. The van der Waals surface area contributed by atoms with Crippen molar-refractivity contribution in [2.45, 2.75) is 32.9 Å². The Hall–Kier alpha value is -1.43. The van der Waals surface area contributed by atoms with Gasteiger partial charge < -0.3 is 10.8 Å². The number of carboxylic acid groups (broad SMARTS) is 1. The third-order valence-electron chi connectivity index (χ3n) is 2.07. The van der Waals surface area contributed by atoms with Crippen LogP contribution in [0, 0.1) is 5.92 Å². The van der Waals surface area contributed by atoms with Crippen LogP contribution in [0.15, 0.2) is 6.20 Å². The molecule has 0 saturated heterocycles. The summed E-state index contributed by atoms with van der Waals surface area (Å²) in [7, 11) is 0. The maximum atomic E-state index is 11.0. The predicted molar refractivity (Wildman–Crippen MR) is 54.0 cm³/mol. The minimum absolute atomic E-state index is 0.272. The second kappa shape index (κ2) is 4.88. The molecule has 0 aliphatic carbocycles. The van der Waals surface area contributed by atoms with Crippen molar-refractivity contribution in [1.29, 1.82) is 0 Å². The first kappa shape index (κ1) is 11.6. The van der Waals surface area contributed by atoms with Gasteiger partial charge >= 0.3 is 5.97 Å². The molecule has 0 aromatic carbocycles. The molecule has 1 aromatic heterocycles. The molecule has 0 bridgehead atoms. The minimum atomic E-state index is -0.892. The van der Waals surface area contributed by atoms with Gasteiger partial charge in [-0.2, -0.15) is 0 Å². The van der Waals surface area contributed by atoms with Crippen molar-refractivity contribution in [3.05, 3.63) is 11.9 Å². The number of rotatable bonds is 5. The average Bonchev–Trinajstić information content (AvgIpc) is 2.61. The molecular weight excluding hydrogens is 196 g/mol. The fourth-order valence-electron chi connectivity index (χ4n) is 1.33. The quantitative estimate of drug-likeness (QED) is 0.737. The Morgan fingerprint density at radius 2 is 2.33 bits per heavy atom. The molecule has 1 aromatic rings. The summed E-state index contributed by atoms with van der Waals surface area (Å²) in [5.74, 6) is -0.603. The van der Waals surface area contributed by atoms with E-state index in [4.69, 9.17) is 10.8 Å². The van der Waals surface area contributed by atoms with Gasteiger partial charge in [-0.1, -0.05) is 19.1 Å². The first-order valence-corrected chi connectivity index (χ1v) is 4.88. The van der Waals surface area contributed by atoms with Crippen molar-refractivity contribution >= 4 is 5.97 Å². The fourth-order valence-corrected chi connectivity index (χ4v) is 1.33. The Bertz CT molecular complexity index is 335. The molecule has 0 aliphatic rings. The highest BCUT2D eigenvalue weighted by Gasteiger charge is 2.22. The van der Waals surface area contributed by atoms with Gasteiger partial charge in [-0.15, -0.1) is 5.10 Å². The van der Waals surface area contributed by atoms with Crippen molar-refractivity contribution in [3.8, 4) is 0 Å². The summed E-state index contributed by atoms with van der Waals surface area (Å²) in [5.41, 5.74) is 5.98. The number of hydrogen-bond acceptors (Lipinski definition) is 4. The monoisotopic (exact) mass is 212 g/mol. The van der Waals surface area contributed by atoms with Crippen LogP contribution in [0.2, 0.25) is 0 Å². The number of hydrogen-bond donors (Lipinski definition) is 2. The van der Waals surface area contributed by atoms with Crippen LogP contribution in [-0.2, 0) is 11.3 Å². The molecule has 0 saturated carbocycles. The summed E-state index contributed by atoms with van der Waals surface area (Å²) in [6, 6.07) is -0.655. The molecule has 1 rings (SSSR count). The maximum Gasteiger partial charge on any atom is 0.328 e. The van der Waals surface area contributed by atoms with Crippen LogP contribution < -0.4 is 5.73 Å². The van der Waals surface area contributed by atoms with E-state index in [1.807, 2.05) is 13.8 Å². The topological polar surface area (TPSA) is 94.0 Å². The van der Waals surface area contributed by atoms with Gasteiger partial charge in [0.2, 0.25) is 0 Å². The summed E-state index contributed by atoms with van der Waals surface area (Å²) in [6.45, 7) is 4.21. The summed E-state index contributed by atoms with van der Waals surface area (Å²) in [4.78, 5) is 11.0. The summed E-state index contributed by atoms with van der Waals surface area (Å²) in [6.07, 6.45) is 2.11. The van der Waals surface area contributed by atoms with Crippen molar-refractivity contribution in [3.63, 3.8) is 0 Å². The number of aromatic nitrogens is 3. The van der Waals surface area contributed by atoms with E-state index in [1.54, 1.807) is 6.20 Å². The largest absolute Gasteiger partial charge is 0.480 e. The van der Waals surface area contributed by atoms with Gasteiger partial charge in [0.05, 0.1) is 11.9 Å². The summed E-state index contributed by atoms with van der Waals surface area (Å²) in [5, 5.41) is 16.6. The Labute approximate surface area is 88.1 Å². The smallest absolute Gasteiger partial charge is 0.328 e. The van der Waals surface area contributed by atoms with E-state index in [-0.39, 0.29) is 12.5 Å². The Morgan fingerprint density at radius 3 is 2.73 bits per heavy atom. The third-order valence-corrected chi connectivity index (χ3v) is 2.07. The average molecular weight is 212 g/mol. The minimum Gasteiger partial charge on any atom is -0.480 e. The first-order chi connectivity index (χ1) is 7.04. The molecular formula is C9H16N4O2. The summed E-state index contributed by atoms with van der Waals surface area (Å²) >= 11 is 0. The van der Waals surface area contributed by atoms with Gasteiger partial charge in [0.1, 0.15) is 0 Å². The Balaban J connectivity index is 2.83. The zero-order valence-electron chi connectivity index (χ0n) is 8.92. The molecule has 6 nitrogen and oxygen atoms in total. The maximum absolute atomic E-state index is 11.0. The molecule has 0 amide bonds. The van der Waals surface area contributed by atoms with Gasteiger partial charge in [-0.05, 0) is 12.3 Å². The lowest BCUT2D eigenvalue weighted by molar-refractivity contribution is -0.141. The SMILES string of the molecule is CC(C)C[C@@H](C(=O)O)n1cc(CN)nn1. The number of nitrogens with zero attached hydrogens (tertiary/aromatic N) is 3. The Morgan fingerprint density at radius 1 is 1.67 bits per heavy atom. The third kappa shape index (κ3) is 3.02. The van der Waals surface area contributed by atoms with E-state index in [1.165, 1.54) is 4.68 Å². The van der Waals surface area contributed by atoms with Crippen LogP contribution in [0.1, 0.15) is 32.0 Å². The number of carboxylic acids is 1. The molecule has 0 unspecified atom stereocenters. The number of nitrogens with two attached hydrogens (primary N) is 1. The van der Waals surface area contributed by atoms with E-state index in [0.717, 1.165) is 0 Å². The van der Waals surface area contributed by atoms with E-state index < -0.39 is 12.0 Å². The molecule has 84 valence electrons. The number of aliphatic carboxylic acids is 1. The van der Waals surface area contributed by atoms with Gasteiger partial charge in [-0.3, -0.25) is 0 Å². The van der Waals surface area contributed by atoms with Crippen LogP contribution in [-0.4, -0.2) is 26.1 Å². The predicted octanol–water partition coefficient (Wildman–Crippen LogP) is 0.409. The molecule has 0 fully saturated rings. The van der Waals surface area contributed by atoms with Gasteiger partial charge in [0.25, 0.3) is 0 Å². The molecule has 3 N–H and O–H groups in total. The van der Waals surface area contributed by atoms with Gasteiger partial charge in [-0.25, -0.2) is 9.48 Å². The molecule has 0 radical (unpaired) electrons. The van der Waals surface area contributed by atoms with E-state index in [0.29, 0.717) is 12.1 Å². The zero-order chi connectivity index (χ0) is 11.4. The van der Waals surface area contributed by atoms with E-state index in [9.17, 15) is 4.79 Å². The highest BCUT2D eigenvalue weighted by Crippen LogP contribution is 2.16. The van der Waals surface area contributed by atoms with Gasteiger partial charge in [0, 0.05) is 6.54 Å². The van der Waals surface area contributed by atoms with Crippen LogP contribution in [0.4, 0.5) is 0 Å². The number of carbonyl (C=O) groups is 1. The van der Waals surface area contributed by atoms with E-state index in [2.05, 4.69) is 10.3 Å².